The van der Waals surface area contributed by atoms with Gasteiger partial charge in [-0.25, -0.2) is 23.8 Å². The van der Waals surface area contributed by atoms with Gasteiger partial charge in [-0.1, -0.05) is 41.5 Å². The Balaban J connectivity index is 6.09. The van der Waals surface area contributed by atoms with Crippen molar-refractivity contribution < 1.29 is 18.9 Å². The van der Waals surface area contributed by atoms with E-state index in [0.717, 1.165) is 0 Å². The highest BCUT2D eigenvalue weighted by Gasteiger charge is 2.50. The summed E-state index contributed by atoms with van der Waals surface area (Å²) >= 11 is 0. The van der Waals surface area contributed by atoms with Gasteiger partial charge in [0.05, 0.1) is 0 Å². The molecular formula is C13H32N3O4P. The van der Waals surface area contributed by atoms with Crippen LogP contribution in [-0.4, -0.2) is 69.7 Å². The SMILES string of the molecule is CCN(CC)C(OP(=O)(O)O)(N(CC)CC)N(CC)CC. The van der Waals surface area contributed by atoms with Gasteiger partial charge in [0.25, 0.3) is 5.97 Å². The summed E-state index contributed by atoms with van der Waals surface area (Å²) in [6.45, 7) is 15.6. The Kier molecular flexibility index (Phi) is 9.20. The molecule has 0 aromatic carbocycles. The van der Waals surface area contributed by atoms with Crippen molar-refractivity contribution >= 4 is 7.82 Å². The normalized spacial score (nSPS) is 13.7. The standard InChI is InChI=1S/C13H32N3O4P/c1-7-14(8-2)13(15(9-3)10-4,16(11-5)12-6)20-21(17,18)19/h7-12H2,1-6H3,(H2,17,18,19). The number of nitrogens with zero attached hydrogens (tertiary/aromatic N) is 3. The summed E-state index contributed by atoms with van der Waals surface area (Å²) in [5.74, 6) is -1.23. The Morgan fingerprint density at radius 2 is 1.00 bits per heavy atom. The van der Waals surface area contributed by atoms with Crippen molar-refractivity contribution in [2.75, 3.05) is 39.3 Å². The molecule has 0 aliphatic carbocycles. The van der Waals surface area contributed by atoms with E-state index in [2.05, 4.69) is 0 Å². The average Bonchev–Trinajstić information content (AvgIpc) is 2.40. The van der Waals surface area contributed by atoms with Gasteiger partial charge in [-0.15, -0.1) is 0 Å². The summed E-state index contributed by atoms with van der Waals surface area (Å²) in [5, 5.41) is 0. The van der Waals surface area contributed by atoms with Gasteiger partial charge in [0.2, 0.25) is 0 Å². The number of rotatable bonds is 11. The Morgan fingerprint density at radius 1 is 0.762 bits per heavy atom. The number of hydrogen-bond acceptors (Lipinski definition) is 5. The van der Waals surface area contributed by atoms with Crippen molar-refractivity contribution in [3.8, 4) is 0 Å². The maximum Gasteiger partial charge on any atom is 0.473 e. The summed E-state index contributed by atoms with van der Waals surface area (Å²) in [5.41, 5.74) is 0. The monoisotopic (exact) mass is 325 g/mol. The summed E-state index contributed by atoms with van der Waals surface area (Å²) in [4.78, 5) is 24.8. The largest absolute Gasteiger partial charge is 0.473 e. The quantitative estimate of drug-likeness (QED) is 0.442. The van der Waals surface area contributed by atoms with Gasteiger partial charge in [0, 0.05) is 39.3 Å². The third-order valence-corrected chi connectivity index (χ3v) is 4.25. The van der Waals surface area contributed by atoms with E-state index in [0.29, 0.717) is 39.3 Å². The van der Waals surface area contributed by atoms with Crippen LogP contribution in [0.2, 0.25) is 0 Å². The van der Waals surface area contributed by atoms with E-state index in [9.17, 15) is 14.4 Å². The van der Waals surface area contributed by atoms with Gasteiger partial charge < -0.3 is 9.79 Å². The van der Waals surface area contributed by atoms with Gasteiger partial charge in [0.1, 0.15) is 0 Å². The number of phosphoric acid groups is 1. The average molecular weight is 325 g/mol. The Hall–Kier alpha value is -0.0100. The van der Waals surface area contributed by atoms with Crippen molar-refractivity contribution in [1.29, 1.82) is 0 Å². The van der Waals surface area contributed by atoms with Crippen LogP contribution in [0, 0.1) is 0 Å². The lowest BCUT2D eigenvalue weighted by molar-refractivity contribution is -0.288. The smallest absolute Gasteiger partial charge is 0.303 e. The fourth-order valence-electron chi connectivity index (χ4n) is 2.84. The van der Waals surface area contributed by atoms with E-state index < -0.39 is 13.8 Å². The highest BCUT2D eigenvalue weighted by atomic mass is 31.2. The lowest BCUT2D eigenvalue weighted by Gasteiger charge is -2.53. The van der Waals surface area contributed by atoms with Crippen LogP contribution in [0.3, 0.4) is 0 Å². The third-order valence-electron chi connectivity index (χ3n) is 3.77. The second kappa shape index (κ2) is 9.20. The van der Waals surface area contributed by atoms with E-state index in [1.165, 1.54) is 0 Å². The van der Waals surface area contributed by atoms with Crippen molar-refractivity contribution in [1.82, 2.24) is 14.7 Å². The highest BCUT2D eigenvalue weighted by molar-refractivity contribution is 7.46. The zero-order valence-corrected chi connectivity index (χ0v) is 15.1. The van der Waals surface area contributed by atoms with Crippen LogP contribution in [-0.2, 0) is 9.09 Å². The van der Waals surface area contributed by atoms with E-state index in [1.807, 2.05) is 56.2 Å². The molecule has 7 nitrogen and oxygen atoms in total. The van der Waals surface area contributed by atoms with E-state index in [-0.39, 0.29) is 0 Å². The minimum atomic E-state index is -4.65. The molecule has 0 atom stereocenters. The van der Waals surface area contributed by atoms with Gasteiger partial charge in [-0.3, -0.25) is 0 Å². The van der Waals surface area contributed by atoms with E-state index in [1.54, 1.807) is 0 Å². The first-order valence-electron chi connectivity index (χ1n) is 7.78. The molecule has 0 heterocycles. The Bertz CT molecular complexity index is 294. The predicted molar refractivity (Wildman–Crippen MR) is 84.6 cm³/mol. The molecular weight excluding hydrogens is 293 g/mol. The van der Waals surface area contributed by atoms with Crippen LogP contribution in [0.1, 0.15) is 41.5 Å². The topological polar surface area (TPSA) is 76.5 Å². The molecule has 8 heteroatoms. The second-order valence-electron chi connectivity index (χ2n) is 4.67. The Labute approximate surface area is 129 Å². The first-order chi connectivity index (χ1) is 9.77. The highest BCUT2D eigenvalue weighted by Crippen LogP contribution is 2.45. The molecule has 0 rings (SSSR count). The van der Waals surface area contributed by atoms with Crippen molar-refractivity contribution in [2.24, 2.45) is 0 Å². The summed E-state index contributed by atoms with van der Waals surface area (Å²) in [6.07, 6.45) is 0. The van der Waals surface area contributed by atoms with Crippen molar-refractivity contribution in [3.63, 3.8) is 0 Å². The van der Waals surface area contributed by atoms with Crippen LogP contribution in [0.5, 0.6) is 0 Å². The summed E-state index contributed by atoms with van der Waals surface area (Å²) < 4.78 is 17.0. The van der Waals surface area contributed by atoms with Crippen molar-refractivity contribution in [3.05, 3.63) is 0 Å². The van der Waals surface area contributed by atoms with Crippen LogP contribution in [0.25, 0.3) is 0 Å². The fourth-order valence-corrected chi connectivity index (χ4v) is 3.50. The molecule has 128 valence electrons. The molecule has 0 aromatic rings. The zero-order valence-electron chi connectivity index (χ0n) is 14.2. The van der Waals surface area contributed by atoms with Gasteiger partial charge in [-0.2, -0.15) is 0 Å². The molecule has 0 aliphatic rings. The molecule has 0 spiro atoms. The molecule has 0 amide bonds. The molecule has 0 unspecified atom stereocenters. The summed E-state index contributed by atoms with van der Waals surface area (Å²) in [7, 11) is -4.65. The number of phosphoric ester groups is 1. The Morgan fingerprint density at radius 3 is 1.14 bits per heavy atom. The molecule has 21 heavy (non-hydrogen) atoms. The third kappa shape index (κ3) is 4.99. The molecule has 0 aromatic heterocycles. The summed E-state index contributed by atoms with van der Waals surface area (Å²) in [6, 6.07) is 0. The molecule has 0 aliphatic heterocycles. The maximum absolute atomic E-state index is 11.6. The molecule has 0 bridgehead atoms. The second-order valence-corrected chi connectivity index (χ2v) is 5.84. The van der Waals surface area contributed by atoms with Gasteiger partial charge in [-0.05, 0) is 0 Å². The lowest BCUT2D eigenvalue weighted by atomic mass is 10.3. The van der Waals surface area contributed by atoms with Crippen LogP contribution in [0.4, 0.5) is 0 Å². The van der Waals surface area contributed by atoms with Crippen LogP contribution >= 0.6 is 7.82 Å². The first kappa shape index (κ1) is 21.0. The minimum absolute atomic E-state index is 0.628. The molecule has 0 fully saturated rings. The van der Waals surface area contributed by atoms with Crippen molar-refractivity contribution in [2.45, 2.75) is 47.5 Å². The molecule has 2 N–H and O–H groups in total. The maximum atomic E-state index is 11.6. The number of hydrogen-bond donors (Lipinski definition) is 2. The zero-order chi connectivity index (χ0) is 16.7. The first-order valence-corrected chi connectivity index (χ1v) is 9.31. The van der Waals surface area contributed by atoms with Crippen LogP contribution < -0.4 is 0 Å². The lowest BCUT2D eigenvalue weighted by Crippen LogP contribution is -2.71. The molecule has 0 radical (unpaired) electrons. The van der Waals surface area contributed by atoms with E-state index >= 15 is 0 Å². The fraction of sp³-hybridized carbons (Fsp3) is 1.00. The van der Waals surface area contributed by atoms with E-state index in [4.69, 9.17) is 4.52 Å². The van der Waals surface area contributed by atoms with Gasteiger partial charge in [0.15, 0.2) is 0 Å². The minimum Gasteiger partial charge on any atom is -0.303 e. The molecule has 0 saturated carbocycles. The predicted octanol–water partition coefficient (Wildman–Crippen LogP) is 1.73. The van der Waals surface area contributed by atoms with Crippen LogP contribution in [0.15, 0.2) is 0 Å². The van der Waals surface area contributed by atoms with Gasteiger partial charge >= 0.3 is 7.82 Å². The molecule has 0 saturated heterocycles.